The fourth-order valence-electron chi connectivity index (χ4n) is 3.16. The predicted octanol–water partition coefficient (Wildman–Crippen LogP) is 4.94. The highest BCUT2D eigenvalue weighted by Gasteiger charge is 2.41. The number of rotatable bonds is 4. The van der Waals surface area contributed by atoms with Gasteiger partial charge in [0.1, 0.15) is 12.1 Å². The third-order valence-electron chi connectivity index (χ3n) is 4.54. The van der Waals surface area contributed by atoms with E-state index in [4.69, 9.17) is 4.42 Å². The summed E-state index contributed by atoms with van der Waals surface area (Å²) in [5.74, 6) is 1.35. The third-order valence-corrected chi connectivity index (χ3v) is 7.03. The van der Waals surface area contributed by atoms with Crippen LogP contribution in [0, 0.1) is 0 Å². The summed E-state index contributed by atoms with van der Waals surface area (Å²) in [6.07, 6.45) is 3.14. The van der Waals surface area contributed by atoms with Crippen molar-refractivity contribution in [2.75, 3.05) is 5.43 Å². The van der Waals surface area contributed by atoms with Crippen LogP contribution in [0.5, 0.6) is 0 Å². The number of nitrogens with zero attached hydrogens (tertiary/aromatic N) is 3. The van der Waals surface area contributed by atoms with Crippen molar-refractivity contribution >= 4 is 45.0 Å². The van der Waals surface area contributed by atoms with Crippen LogP contribution in [0.3, 0.4) is 0 Å². The van der Waals surface area contributed by atoms with E-state index in [2.05, 4.69) is 33.6 Å². The number of anilines is 1. The zero-order chi connectivity index (χ0) is 19.1. The molecule has 2 atom stereocenters. The minimum absolute atomic E-state index is 0.00185. The molecule has 1 aliphatic rings. The maximum Gasteiger partial charge on any atom is 0.255 e. The van der Waals surface area contributed by atoms with Gasteiger partial charge < -0.3 is 4.42 Å². The van der Waals surface area contributed by atoms with E-state index < -0.39 is 0 Å². The fourth-order valence-corrected chi connectivity index (χ4v) is 5.38. The number of carbonyl (C=O) groups excluding carboxylic acids is 1. The zero-order valence-electron chi connectivity index (χ0n) is 14.9. The Balaban J connectivity index is 1.52. The Morgan fingerprint density at radius 2 is 2.00 bits per heavy atom. The van der Waals surface area contributed by atoms with Crippen LogP contribution in [-0.4, -0.2) is 26.1 Å². The molecule has 2 unspecified atom stereocenters. The lowest BCUT2D eigenvalue weighted by atomic mass is 10.2. The monoisotopic (exact) mass is 408 g/mol. The number of nitrogens with one attached hydrogen (secondary N) is 1. The quantitative estimate of drug-likeness (QED) is 0.516. The van der Waals surface area contributed by atoms with Gasteiger partial charge in [0.2, 0.25) is 0 Å². The van der Waals surface area contributed by atoms with Gasteiger partial charge in [0, 0.05) is 4.88 Å². The van der Waals surface area contributed by atoms with Crippen molar-refractivity contribution < 1.29 is 9.21 Å². The largest absolute Gasteiger partial charge is 0.466 e. The summed E-state index contributed by atoms with van der Waals surface area (Å²) < 4.78 is 6.46. The second-order valence-corrected chi connectivity index (χ2v) is 8.86. The number of hydrogen-bond acceptors (Lipinski definition) is 7. The number of thioether (sulfide) groups is 1. The molecular formula is C20H16N4O2S2. The molecule has 5 rings (SSSR count). The minimum Gasteiger partial charge on any atom is -0.466 e. The van der Waals surface area contributed by atoms with Gasteiger partial charge in [-0.1, -0.05) is 30.3 Å². The topological polar surface area (TPSA) is 71.3 Å². The van der Waals surface area contributed by atoms with Gasteiger partial charge in [-0.25, -0.2) is 15.0 Å². The molecular weight excluding hydrogens is 392 g/mol. The van der Waals surface area contributed by atoms with Crippen molar-refractivity contribution in [2.24, 2.45) is 0 Å². The van der Waals surface area contributed by atoms with E-state index in [1.165, 1.54) is 6.33 Å². The first-order valence-electron chi connectivity index (χ1n) is 8.79. The number of aromatic nitrogens is 2. The predicted molar refractivity (Wildman–Crippen MR) is 112 cm³/mol. The highest BCUT2D eigenvalue weighted by atomic mass is 32.2. The molecule has 0 aliphatic carbocycles. The number of hydrazine groups is 1. The second-order valence-electron chi connectivity index (χ2n) is 6.38. The van der Waals surface area contributed by atoms with Crippen LogP contribution in [0.2, 0.25) is 0 Å². The molecule has 1 aliphatic heterocycles. The molecule has 0 spiro atoms. The van der Waals surface area contributed by atoms with Crippen molar-refractivity contribution in [1.29, 1.82) is 0 Å². The summed E-state index contributed by atoms with van der Waals surface area (Å²) in [7, 11) is 0. The summed E-state index contributed by atoms with van der Waals surface area (Å²) >= 11 is 3.15. The summed E-state index contributed by atoms with van der Waals surface area (Å²) in [5.41, 5.74) is 5.21. The van der Waals surface area contributed by atoms with Gasteiger partial charge in [-0.3, -0.25) is 10.2 Å². The van der Waals surface area contributed by atoms with E-state index in [1.54, 1.807) is 34.4 Å². The molecule has 0 radical (unpaired) electrons. The molecule has 4 heterocycles. The van der Waals surface area contributed by atoms with Crippen molar-refractivity contribution in [3.63, 3.8) is 0 Å². The number of thiophene rings is 1. The standard InChI is InChI=1S/C20H16N4O2S2/c1-12-19(25)24(20(27-12)15-8-5-9-26-15)23-18-17-14(21-11-22-18)10-16(28-17)13-6-3-2-4-7-13/h2-12,20H,1H3,(H,21,22,23). The van der Waals surface area contributed by atoms with Crippen LogP contribution < -0.4 is 5.43 Å². The Morgan fingerprint density at radius 1 is 1.14 bits per heavy atom. The average molecular weight is 409 g/mol. The van der Waals surface area contributed by atoms with E-state index in [0.717, 1.165) is 26.4 Å². The normalized spacial score (nSPS) is 19.5. The van der Waals surface area contributed by atoms with Gasteiger partial charge >= 0.3 is 0 Å². The molecule has 6 nitrogen and oxygen atoms in total. The van der Waals surface area contributed by atoms with Crippen molar-refractivity contribution in [2.45, 2.75) is 17.5 Å². The molecule has 140 valence electrons. The average Bonchev–Trinajstić information content (AvgIpc) is 3.45. The van der Waals surface area contributed by atoms with E-state index in [9.17, 15) is 4.79 Å². The van der Waals surface area contributed by atoms with Crippen LogP contribution in [0.15, 0.2) is 65.5 Å². The van der Waals surface area contributed by atoms with Gasteiger partial charge in [0.05, 0.1) is 21.7 Å². The SMILES string of the molecule is CC1SC(c2ccco2)N(Nc2ncnc3cc(-c4ccccc4)sc23)C1=O. The lowest BCUT2D eigenvalue weighted by Gasteiger charge is -2.23. The van der Waals surface area contributed by atoms with Gasteiger partial charge in [0.15, 0.2) is 11.2 Å². The lowest BCUT2D eigenvalue weighted by molar-refractivity contribution is -0.128. The Morgan fingerprint density at radius 3 is 2.79 bits per heavy atom. The number of furan rings is 1. The Kier molecular flexibility index (Phi) is 4.29. The summed E-state index contributed by atoms with van der Waals surface area (Å²) in [6, 6.07) is 15.9. The first-order valence-corrected chi connectivity index (χ1v) is 10.6. The second kappa shape index (κ2) is 6.96. The Hall–Kier alpha value is -2.84. The highest BCUT2D eigenvalue weighted by Crippen LogP contribution is 2.44. The molecule has 1 aromatic carbocycles. The van der Waals surface area contributed by atoms with E-state index in [1.807, 2.05) is 37.3 Å². The maximum absolute atomic E-state index is 12.7. The smallest absolute Gasteiger partial charge is 0.255 e. The van der Waals surface area contributed by atoms with Crippen molar-refractivity contribution in [3.05, 3.63) is 66.9 Å². The van der Waals surface area contributed by atoms with Crippen LogP contribution >= 0.6 is 23.1 Å². The first kappa shape index (κ1) is 17.3. The van der Waals surface area contributed by atoms with Gasteiger partial charge in [-0.15, -0.1) is 23.1 Å². The molecule has 8 heteroatoms. The first-order chi connectivity index (χ1) is 13.7. The number of fused-ring (bicyclic) bond motifs is 1. The number of carbonyl (C=O) groups is 1. The molecule has 1 amide bonds. The maximum atomic E-state index is 12.7. The summed E-state index contributed by atoms with van der Waals surface area (Å²) in [6.45, 7) is 1.90. The van der Waals surface area contributed by atoms with E-state index in [0.29, 0.717) is 5.82 Å². The summed E-state index contributed by atoms with van der Waals surface area (Å²) in [5, 5.41) is 1.21. The van der Waals surface area contributed by atoms with Crippen molar-refractivity contribution in [1.82, 2.24) is 15.0 Å². The van der Waals surface area contributed by atoms with Gasteiger partial charge in [-0.2, -0.15) is 0 Å². The molecule has 1 N–H and O–H groups in total. The molecule has 1 fully saturated rings. The minimum atomic E-state index is -0.240. The summed E-state index contributed by atoms with van der Waals surface area (Å²) in [4.78, 5) is 22.7. The number of amides is 1. The van der Waals surface area contributed by atoms with E-state index >= 15 is 0 Å². The van der Waals surface area contributed by atoms with E-state index in [-0.39, 0.29) is 16.5 Å². The molecule has 0 bridgehead atoms. The Bertz CT molecular complexity index is 1130. The van der Waals surface area contributed by atoms with Gasteiger partial charge in [-0.05, 0) is 30.7 Å². The van der Waals surface area contributed by atoms with Crippen LogP contribution in [0.4, 0.5) is 5.82 Å². The Labute approximate surface area is 169 Å². The molecule has 4 aromatic rings. The fraction of sp³-hybridized carbons (Fsp3) is 0.150. The zero-order valence-corrected chi connectivity index (χ0v) is 16.5. The number of benzene rings is 1. The van der Waals surface area contributed by atoms with Gasteiger partial charge in [0.25, 0.3) is 5.91 Å². The lowest BCUT2D eigenvalue weighted by Crippen LogP contribution is -2.35. The molecule has 3 aromatic heterocycles. The molecule has 28 heavy (non-hydrogen) atoms. The van der Waals surface area contributed by atoms with Crippen molar-refractivity contribution in [3.8, 4) is 10.4 Å². The third kappa shape index (κ3) is 2.94. The molecule has 0 saturated carbocycles. The van der Waals surface area contributed by atoms with Crippen LogP contribution in [0.25, 0.3) is 20.7 Å². The highest BCUT2D eigenvalue weighted by molar-refractivity contribution is 8.01. The van der Waals surface area contributed by atoms with Crippen LogP contribution in [-0.2, 0) is 4.79 Å². The number of hydrogen-bond donors (Lipinski definition) is 1. The molecule has 1 saturated heterocycles. The van der Waals surface area contributed by atoms with Crippen LogP contribution in [0.1, 0.15) is 18.1 Å².